The molecule has 7 nitrogen and oxygen atoms in total. The first-order valence-corrected chi connectivity index (χ1v) is 6.67. The second kappa shape index (κ2) is 6.69. The largest absolute Gasteiger partial charge is 0.465 e. The van der Waals surface area contributed by atoms with Crippen LogP contribution in [0.15, 0.2) is 42.5 Å². The fourth-order valence-corrected chi connectivity index (χ4v) is 2.09. The van der Waals surface area contributed by atoms with Crippen molar-refractivity contribution in [1.29, 1.82) is 0 Å². The van der Waals surface area contributed by atoms with Gasteiger partial charge in [-0.05, 0) is 37.3 Å². The first kappa shape index (κ1) is 16.2. The molecule has 0 aromatic heterocycles. The predicted molar refractivity (Wildman–Crippen MR) is 83.6 cm³/mol. The van der Waals surface area contributed by atoms with Gasteiger partial charge in [-0.3, -0.25) is 14.9 Å². The molecule has 2 aromatic rings. The van der Waals surface area contributed by atoms with Gasteiger partial charge in [-0.1, -0.05) is 12.1 Å². The van der Waals surface area contributed by atoms with Crippen LogP contribution in [0.5, 0.6) is 0 Å². The summed E-state index contributed by atoms with van der Waals surface area (Å²) in [6.07, 6.45) is 0. The summed E-state index contributed by atoms with van der Waals surface area (Å²) in [5.74, 6) is -1.08. The van der Waals surface area contributed by atoms with Crippen LogP contribution in [0.3, 0.4) is 0 Å². The first-order valence-electron chi connectivity index (χ1n) is 6.67. The Morgan fingerprint density at radius 2 is 1.78 bits per heavy atom. The van der Waals surface area contributed by atoms with E-state index in [4.69, 9.17) is 0 Å². The second-order valence-electron chi connectivity index (χ2n) is 4.75. The van der Waals surface area contributed by atoms with E-state index >= 15 is 0 Å². The number of carbonyl (C=O) groups is 2. The van der Waals surface area contributed by atoms with Crippen LogP contribution in [-0.2, 0) is 4.74 Å². The second-order valence-corrected chi connectivity index (χ2v) is 4.75. The van der Waals surface area contributed by atoms with Gasteiger partial charge >= 0.3 is 5.97 Å². The molecule has 1 amide bonds. The lowest BCUT2D eigenvalue weighted by Gasteiger charge is -2.07. The van der Waals surface area contributed by atoms with Gasteiger partial charge in [-0.15, -0.1) is 0 Å². The Labute approximate surface area is 132 Å². The zero-order valence-electron chi connectivity index (χ0n) is 12.5. The van der Waals surface area contributed by atoms with Gasteiger partial charge in [0.15, 0.2) is 0 Å². The Bertz CT molecular complexity index is 769. The van der Waals surface area contributed by atoms with Gasteiger partial charge in [0.05, 0.1) is 17.6 Å². The summed E-state index contributed by atoms with van der Waals surface area (Å²) in [6.45, 7) is 1.57. The van der Waals surface area contributed by atoms with Crippen LogP contribution in [0, 0.1) is 17.0 Å². The maximum atomic E-state index is 12.3. The molecule has 118 valence electrons. The molecule has 1 N–H and O–H groups in total. The van der Waals surface area contributed by atoms with Crippen molar-refractivity contribution in [3.8, 4) is 0 Å². The van der Waals surface area contributed by atoms with Gasteiger partial charge < -0.3 is 10.1 Å². The van der Waals surface area contributed by atoms with Gasteiger partial charge in [-0.25, -0.2) is 4.79 Å². The van der Waals surface area contributed by atoms with E-state index in [2.05, 4.69) is 10.1 Å². The van der Waals surface area contributed by atoms with Crippen molar-refractivity contribution in [3.63, 3.8) is 0 Å². The minimum Gasteiger partial charge on any atom is -0.465 e. The van der Waals surface area contributed by atoms with Gasteiger partial charge in [0.1, 0.15) is 5.56 Å². The maximum Gasteiger partial charge on any atom is 0.337 e. The van der Waals surface area contributed by atoms with Gasteiger partial charge in [-0.2, -0.15) is 0 Å². The topological polar surface area (TPSA) is 98.5 Å². The quantitative estimate of drug-likeness (QED) is 0.531. The summed E-state index contributed by atoms with van der Waals surface area (Å²) in [6, 6.07) is 10.6. The fraction of sp³-hybridized carbons (Fsp3) is 0.125. The number of para-hydroxylation sites is 1. The SMILES string of the molecule is COC(=O)c1ccc(NC(=O)c2cccc(C)c2[N+](=O)[O-])cc1. The number of anilines is 1. The van der Waals surface area contributed by atoms with E-state index in [-0.39, 0.29) is 11.3 Å². The van der Waals surface area contributed by atoms with Crippen LogP contribution in [0.25, 0.3) is 0 Å². The molecular weight excluding hydrogens is 300 g/mol. The average molecular weight is 314 g/mol. The highest BCUT2D eigenvalue weighted by Crippen LogP contribution is 2.24. The molecular formula is C16H14N2O5. The van der Waals surface area contributed by atoms with Crippen LogP contribution in [0.1, 0.15) is 26.3 Å². The number of methoxy groups -OCH3 is 1. The minimum atomic E-state index is -0.591. The van der Waals surface area contributed by atoms with Gasteiger partial charge in [0, 0.05) is 11.3 Å². The molecule has 7 heteroatoms. The van der Waals surface area contributed by atoms with Gasteiger partial charge in [0.25, 0.3) is 11.6 Å². The smallest absolute Gasteiger partial charge is 0.337 e. The van der Waals surface area contributed by atoms with Crippen LogP contribution in [0.4, 0.5) is 11.4 Å². The number of esters is 1. The molecule has 0 heterocycles. The van der Waals surface area contributed by atoms with Crippen LogP contribution in [-0.4, -0.2) is 23.9 Å². The van der Waals surface area contributed by atoms with Gasteiger partial charge in [0.2, 0.25) is 0 Å². The summed E-state index contributed by atoms with van der Waals surface area (Å²) in [7, 11) is 1.27. The third-order valence-corrected chi connectivity index (χ3v) is 3.23. The fourth-order valence-electron chi connectivity index (χ4n) is 2.09. The van der Waals surface area contributed by atoms with Crippen molar-refractivity contribution in [2.45, 2.75) is 6.92 Å². The zero-order valence-corrected chi connectivity index (χ0v) is 12.5. The number of benzene rings is 2. The average Bonchev–Trinajstić information content (AvgIpc) is 2.54. The molecule has 0 fully saturated rings. The number of nitro groups is 1. The Balaban J connectivity index is 2.25. The monoisotopic (exact) mass is 314 g/mol. The number of hydrogen-bond acceptors (Lipinski definition) is 5. The zero-order chi connectivity index (χ0) is 17.0. The van der Waals surface area contributed by atoms with Crippen LogP contribution in [0.2, 0.25) is 0 Å². The lowest BCUT2D eigenvalue weighted by atomic mass is 10.1. The number of amides is 1. The van der Waals surface area contributed by atoms with E-state index in [9.17, 15) is 19.7 Å². The van der Waals surface area contributed by atoms with Crippen LogP contribution >= 0.6 is 0 Å². The summed E-state index contributed by atoms with van der Waals surface area (Å²) in [5.41, 5.74) is 0.914. The number of nitrogens with one attached hydrogen (secondary N) is 1. The summed E-state index contributed by atoms with van der Waals surface area (Å²) >= 11 is 0. The van der Waals surface area contributed by atoms with Crippen molar-refractivity contribution >= 4 is 23.3 Å². The Morgan fingerprint density at radius 1 is 1.13 bits per heavy atom. The number of aryl methyl sites for hydroxylation is 1. The number of nitrogens with zero attached hydrogens (tertiary/aromatic N) is 1. The normalized spacial score (nSPS) is 10.0. The molecule has 2 aromatic carbocycles. The van der Waals surface area contributed by atoms with E-state index in [0.717, 1.165) is 0 Å². The molecule has 0 saturated carbocycles. The summed E-state index contributed by atoms with van der Waals surface area (Å²) < 4.78 is 4.58. The Hall–Kier alpha value is -3.22. The highest BCUT2D eigenvalue weighted by molar-refractivity contribution is 6.07. The highest BCUT2D eigenvalue weighted by Gasteiger charge is 2.22. The molecule has 0 aliphatic heterocycles. The standard InChI is InChI=1S/C16H14N2O5/c1-10-4-3-5-13(14(10)18(21)22)15(19)17-12-8-6-11(7-9-12)16(20)23-2/h3-9H,1-2H3,(H,17,19). The predicted octanol–water partition coefficient (Wildman–Crippen LogP) is 2.94. The molecule has 0 atom stereocenters. The van der Waals surface area contributed by atoms with E-state index in [1.807, 2.05) is 0 Å². The molecule has 23 heavy (non-hydrogen) atoms. The summed E-state index contributed by atoms with van der Waals surface area (Å²) in [4.78, 5) is 34.1. The molecule has 0 aliphatic carbocycles. The summed E-state index contributed by atoms with van der Waals surface area (Å²) in [5, 5.41) is 13.7. The molecule has 0 spiro atoms. The lowest BCUT2D eigenvalue weighted by molar-refractivity contribution is -0.385. The molecule has 0 bridgehead atoms. The number of hydrogen-bond donors (Lipinski definition) is 1. The highest BCUT2D eigenvalue weighted by atomic mass is 16.6. The molecule has 0 saturated heterocycles. The third-order valence-electron chi connectivity index (χ3n) is 3.23. The van der Waals surface area contributed by atoms with Crippen molar-refractivity contribution in [3.05, 3.63) is 69.3 Å². The first-order chi connectivity index (χ1) is 10.9. The van der Waals surface area contributed by atoms with E-state index in [0.29, 0.717) is 16.8 Å². The minimum absolute atomic E-state index is 0.0213. The van der Waals surface area contributed by atoms with Crippen molar-refractivity contribution in [1.82, 2.24) is 0 Å². The maximum absolute atomic E-state index is 12.3. The van der Waals surface area contributed by atoms with Crippen LogP contribution < -0.4 is 5.32 Å². The lowest BCUT2D eigenvalue weighted by Crippen LogP contribution is -2.14. The number of nitro benzene ring substituents is 1. The van der Waals surface area contributed by atoms with E-state index in [1.165, 1.54) is 37.4 Å². The van der Waals surface area contributed by atoms with Crippen molar-refractivity contribution < 1.29 is 19.2 Å². The third kappa shape index (κ3) is 3.52. The number of ether oxygens (including phenoxy) is 1. The van der Waals surface area contributed by atoms with Crippen molar-refractivity contribution in [2.24, 2.45) is 0 Å². The Morgan fingerprint density at radius 3 is 2.35 bits per heavy atom. The number of carbonyl (C=O) groups excluding carboxylic acids is 2. The molecule has 0 radical (unpaired) electrons. The molecule has 2 rings (SSSR count). The molecule has 0 unspecified atom stereocenters. The molecule has 0 aliphatic rings. The Kier molecular flexibility index (Phi) is 4.70. The number of rotatable bonds is 4. The van der Waals surface area contributed by atoms with Crippen molar-refractivity contribution in [2.75, 3.05) is 12.4 Å². The van der Waals surface area contributed by atoms with E-state index < -0.39 is 16.8 Å². The van der Waals surface area contributed by atoms with E-state index in [1.54, 1.807) is 19.1 Å².